The third-order valence-corrected chi connectivity index (χ3v) is 3.90. The summed E-state index contributed by atoms with van der Waals surface area (Å²) in [4.78, 5) is 12.0. The molecular weight excluding hydrogens is 226 g/mol. The fourth-order valence-corrected chi connectivity index (χ4v) is 2.80. The number of aliphatic hydroxyl groups excluding tert-OH is 1. The molecule has 2 unspecified atom stereocenters. The monoisotopic (exact) mass is 255 g/mol. The Balaban J connectivity index is 2.49. The van der Waals surface area contributed by atoms with Gasteiger partial charge in [-0.25, -0.2) is 0 Å². The van der Waals surface area contributed by atoms with Gasteiger partial charge < -0.3 is 10.4 Å². The molecule has 0 aromatic heterocycles. The van der Waals surface area contributed by atoms with E-state index < -0.39 is 0 Å². The first kappa shape index (κ1) is 15.5. The largest absolute Gasteiger partial charge is 0.394 e. The van der Waals surface area contributed by atoms with Gasteiger partial charge in [-0.15, -0.1) is 0 Å². The number of carbonyl (C=O) groups is 1. The molecule has 1 amide bonds. The Hall–Kier alpha value is -0.570. The molecule has 1 rings (SSSR count). The Bertz CT molecular complexity index is 283. The van der Waals surface area contributed by atoms with Gasteiger partial charge in [-0.3, -0.25) is 4.79 Å². The van der Waals surface area contributed by atoms with Gasteiger partial charge in [0.05, 0.1) is 12.1 Å². The lowest BCUT2D eigenvalue weighted by Gasteiger charge is -2.39. The van der Waals surface area contributed by atoms with E-state index in [1.54, 1.807) is 0 Å². The molecule has 18 heavy (non-hydrogen) atoms. The normalized spacial score (nSPS) is 29.1. The molecule has 1 saturated carbocycles. The van der Waals surface area contributed by atoms with Crippen molar-refractivity contribution in [1.29, 1.82) is 0 Å². The van der Waals surface area contributed by atoms with Crippen LogP contribution < -0.4 is 5.32 Å². The summed E-state index contributed by atoms with van der Waals surface area (Å²) in [6, 6.07) is 0. The van der Waals surface area contributed by atoms with Gasteiger partial charge in [-0.05, 0) is 30.6 Å². The van der Waals surface area contributed by atoms with Crippen LogP contribution in [0.1, 0.15) is 66.2 Å². The number of rotatable bonds is 4. The van der Waals surface area contributed by atoms with E-state index in [4.69, 9.17) is 0 Å². The Morgan fingerprint density at radius 1 is 1.44 bits per heavy atom. The van der Waals surface area contributed by atoms with Gasteiger partial charge in [0, 0.05) is 6.42 Å². The van der Waals surface area contributed by atoms with Gasteiger partial charge in [0.15, 0.2) is 0 Å². The molecule has 106 valence electrons. The molecule has 2 atom stereocenters. The molecule has 0 radical (unpaired) electrons. The molecule has 0 heterocycles. The average molecular weight is 255 g/mol. The molecule has 1 aliphatic rings. The summed E-state index contributed by atoms with van der Waals surface area (Å²) in [5.74, 6) is 0.682. The van der Waals surface area contributed by atoms with E-state index in [0.717, 1.165) is 25.7 Å². The van der Waals surface area contributed by atoms with E-state index in [1.165, 1.54) is 6.42 Å². The number of hydrogen-bond donors (Lipinski definition) is 2. The first-order valence-electron chi connectivity index (χ1n) is 7.18. The molecule has 0 bridgehead atoms. The molecule has 0 aromatic carbocycles. The number of hydrogen-bond acceptors (Lipinski definition) is 2. The van der Waals surface area contributed by atoms with Crippen LogP contribution in [0.15, 0.2) is 0 Å². The highest BCUT2D eigenvalue weighted by molar-refractivity contribution is 5.76. The molecule has 1 aliphatic carbocycles. The first-order chi connectivity index (χ1) is 8.26. The Kier molecular flexibility index (Phi) is 5.20. The zero-order chi connectivity index (χ0) is 13.8. The van der Waals surface area contributed by atoms with E-state index in [1.807, 2.05) is 0 Å². The molecular formula is C15H29NO2. The maximum absolute atomic E-state index is 12.0. The van der Waals surface area contributed by atoms with Crippen molar-refractivity contribution >= 4 is 5.91 Å². The molecule has 0 spiro atoms. The quantitative estimate of drug-likeness (QED) is 0.811. The minimum absolute atomic E-state index is 0.0681. The second-order valence-corrected chi connectivity index (χ2v) is 7.25. The highest BCUT2D eigenvalue weighted by atomic mass is 16.3. The van der Waals surface area contributed by atoms with Crippen LogP contribution in [0.4, 0.5) is 0 Å². The first-order valence-corrected chi connectivity index (χ1v) is 7.18. The number of amides is 1. The van der Waals surface area contributed by atoms with Crippen molar-refractivity contribution in [1.82, 2.24) is 5.32 Å². The number of nitrogens with one attached hydrogen (secondary N) is 1. The van der Waals surface area contributed by atoms with Crippen molar-refractivity contribution in [3.63, 3.8) is 0 Å². The molecule has 3 nitrogen and oxygen atoms in total. The molecule has 0 aliphatic heterocycles. The van der Waals surface area contributed by atoms with Gasteiger partial charge >= 0.3 is 0 Å². The summed E-state index contributed by atoms with van der Waals surface area (Å²) in [6.45, 7) is 8.70. The van der Waals surface area contributed by atoms with Crippen LogP contribution in [0.5, 0.6) is 0 Å². The third-order valence-electron chi connectivity index (χ3n) is 3.90. The Labute approximate surface area is 111 Å². The van der Waals surface area contributed by atoms with Crippen LogP contribution in [0.2, 0.25) is 0 Å². The minimum Gasteiger partial charge on any atom is -0.394 e. The SMILES string of the molecule is CC1CCCC(CO)(NC(=O)CCC(C)(C)C)C1. The summed E-state index contributed by atoms with van der Waals surface area (Å²) in [7, 11) is 0. The summed E-state index contributed by atoms with van der Waals surface area (Å²) in [5, 5.41) is 12.7. The van der Waals surface area contributed by atoms with Crippen LogP contribution in [0, 0.1) is 11.3 Å². The van der Waals surface area contributed by atoms with Gasteiger partial charge in [0.2, 0.25) is 5.91 Å². The van der Waals surface area contributed by atoms with Crippen LogP contribution in [0.3, 0.4) is 0 Å². The number of carbonyl (C=O) groups excluding carboxylic acids is 1. The van der Waals surface area contributed by atoms with Crippen LogP contribution in [-0.2, 0) is 4.79 Å². The van der Waals surface area contributed by atoms with Crippen molar-refractivity contribution in [3.8, 4) is 0 Å². The highest BCUT2D eigenvalue weighted by Crippen LogP contribution is 2.32. The average Bonchev–Trinajstić information content (AvgIpc) is 2.25. The molecule has 0 saturated heterocycles. The second kappa shape index (κ2) is 6.05. The molecule has 1 fully saturated rings. The zero-order valence-electron chi connectivity index (χ0n) is 12.4. The summed E-state index contributed by atoms with van der Waals surface area (Å²) in [5.41, 5.74) is -0.170. The summed E-state index contributed by atoms with van der Waals surface area (Å²) < 4.78 is 0. The Morgan fingerprint density at radius 2 is 2.11 bits per heavy atom. The van der Waals surface area contributed by atoms with Gasteiger partial charge in [-0.2, -0.15) is 0 Å². The highest BCUT2D eigenvalue weighted by Gasteiger charge is 2.35. The topological polar surface area (TPSA) is 49.3 Å². The van der Waals surface area contributed by atoms with Crippen molar-refractivity contribution < 1.29 is 9.90 Å². The van der Waals surface area contributed by atoms with E-state index in [-0.39, 0.29) is 23.5 Å². The van der Waals surface area contributed by atoms with Gasteiger partial charge in [-0.1, -0.05) is 40.5 Å². The lowest BCUT2D eigenvalue weighted by Crippen LogP contribution is -2.53. The third kappa shape index (κ3) is 4.97. The summed E-state index contributed by atoms with van der Waals surface area (Å²) >= 11 is 0. The fourth-order valence-electron chi connectivity index (χ4n) is 2.80. The van der Waals surface area contributed by atoms with Crippen LogP contribution in [0.25, 0.3) is 0 Å². The maximum Gasteiger partial charge on any atom is 0.220 e. The predicted molar refractivity (Wildman–Crippen MR) is 74.3 cm³/mol. The van der Waals surface area contributed by atoms with Crippen molar-refractivity contribution in [3.05, 3.63) is 0 Å². The van der Waals surface area contributed by atoms with Crippen molar-refractivity contribution in [2.24, 2.45) is 11.3 Å². The smallest absolute Gasteiger partial charge is 0.220 e. The number of aliphatic hydroxyl groups is 1. The Morgan fingerprint density at radius 3 is 2.61 bits per heavy atom. The minimum atomic E-state index is -0.355. The lowest BCUT2D eigenvalue weighted by atomic mass is 9.76. The van der Waals surface area contributed by atoms with Crippen molar-refractivity contribution in [2.75, 3.05) is 6.61 Å². The van der Waals surface area contributed by atoms with Gasteiger partial charge in [0.1, 0.15) is 0 Å². The van der Waals surface area contributed by atoms with Crippen LogP contribution >= 0.6 is 0 Å². The standard InChI is InChI=1S/C15H29NO2/c1-12-6-5-8-15(10-12,11-17)16-13(18)7-9-14(2,3)4/h12,17H,5-11H2,1-4H3,(H,16,18). The maximum atomic E-state index is 12.0. The van der Waals surface area contributed by atoms with E-state index in [0.29, 0.717) is 12.3 Å². The van der Waals surface area contributed by atoms with E-state index in [9.17, 15) is 9.90 Å². The lowest BCUT2D eigenvalue weighted by molar-refractivity contribution is -0.125. The zero-order valence-corrected chi connectivity index (χ0v) is 12.4. The van der Waals surface area contributed by atoms with E-state index in [2.05, 4.69) is 33.0 Å². The van der Waals surface area contributed by atoms with E-state index >= 15 is 0 Å². The second-order valence-electron chi connectivity index (χ2n) is 7.25. The van der Waals surface area contributed by atoms with Gasteiger partial charge in [0.25, 0.3) is 0 Å². The molecule has 0 aromatic rings. The molecule has 2 N–H and O–H groups in total. The summed E-state index contributed by atoms with van der Waals surface area (Å²) in [6.07, 6.45) is 5.57. The predicted octanol–water partition coefficient (Wildman–Crippen LogP) is 2.87. The van der Waals surface area contributed by atoms with Crippen molar-refractivity contribution in [2.45, 2.75) is 71.8 Å². The molecule has 3 heteroatoms. The fraction of sp³-hybridized carbons (Fsp3) is 0.933. The van der Waals surface area contributed by atoms with Crippen LogP contribution in [-0.4, -0.2) is 23.2 Å².